The Bertz CT molecular complexity index is 996. The molecule has 7 atom stereocenters. The summed E-state index contributed by atoms with van der Waals surface area (Å²) in [6, 6.07) is 6.43. The maximum absolute atomic E-state index is 13.4. The quantitative estimate of drug-likeness (QED) is 0.173. The van der Waals surface area contributed by atoms with Crippen LogP contribution in [0.4, 0.5) is 9.18 Å². The fraction of sp³-hybridized carbons (Fsp3) is 0.630. The number of imide groups is 1. The highest BCUT2D eigenvalue weighted by molar-refractivity contribution is 7.95. The summed E-state index contributed by atoms with van der Waals surface area (Å²) in [5.74, 6) is -0.585. The molecule has 38 heavy (non-hydrogen) atoms. The standard InChI is InChI=1S/C27H37ClFNO6S.BrH/c1-17(2)6-11-21-26(3,36-21)24-23(34-4)20(35-25(32)30-22(31)14-28)12-13-27(24,33)16-37(5)15-18-7-9-19(29)10-8-18;/h6-10,20-21,23-24,33H,11-16H2,1-5H3;1H/t20-,21-,23-,24-,26+,27+,37?;/m1./s1. The van der Waals surface area contributed by atoms with E-state index >= 15 is 0 Å². The van der Waals surface area contributed by atoms with E-state index in [2.05, 4.69) is 17.6 Å². The molecule has 1 aromatic carbocycles. The van der Waals surface area contributed by atoms with Crippen molar-refractivity contribution in [2.24, 2.45) is 5.92 Å². The molecule has 0 radical (unpaired) electrons. The van der Waals surface area contributed by atoms with Crippen molar-refractivity contribution in [2.45, 2.75) is 75.3 Å². The van der Waals surface area contributed by atoms with Crippen molar-refractivity contribution >= 4 is 34.5 Å². The van der Waals surface area contributed by atoms with Crippen LogP contribution in [0.5, 0.6) is 0 Å². The van der Waals surface area contributed by atoms with E-state index in [1.807, 2.05) is 20.8 Å². The van der Waals surface area contributed by atoms with Crippen molar-refractivity contribution in [3.8, 4) is 0 Å². The Balaban J connectivity index is 0.00000507. The minimum atomic E-state index is -1.14. The Morgan fingerprint density at radius 3 is 2.55 bits per heavy atom. The fourth-order valence-corrected chi connectivity index (χ4v) is 7.60. The van der Waals surface area contributed by atoms with Crippen LogP contribution in [-0.4, -0.2) is 71.6 Å². The molecule has 2 N–H and O–H groups in total. The van der Waals surface area contributed by atoms with E-state index in [1.165, 1.54) is 24.8 Å². The number of carbonyl (C=O) groups is 2. The van der Waals surface area contributed by atoms with Gasteiger partial charge in [0.2, 0.25) is 5.91 Å². The van der Waals surface area contributed by atoms with Crippen LogP contribution in [0.2, 0.25) is 0 Å². The molecule has 1 aliphatic heterocycles. The highest BCUT2D eigenvalue weighted by atomic mass is 79.9. The lowest BCUT2D eigenvalue weighted by molar-refractivity contribution is -0.170. The van der Waals surface area contributed by atoms with E-state index in [0.29, 0.717) is 30.8 Å². The summed E-state index contributed by atoms with van der Waals surface area (Å²) < 4.78 is 31.1. The fourth-order valence-electron chi connectivity index (χ4n) is 5.50. The zero-order valence-electron chi connectivity index (χ0n) is 22.5. The zero-order chi connectivity index (χ0) is 27.4. The number of nitrogens with one attached hydrogen (secondary N) is 1. The third kappa shape index (κ3) is 8.17. The van der Waals surface area contributed by atoms with Crippen LogP contribution in [-0.2, 0) is 35.7 Å². The Labute approximate surface area is 242 Å². The number of methoxy groups -OCH3 is 1. The van der Waals surface area contributed by atoms with Gasteiger partial charge in [0.15, 0.2) is 0 Å². The minimum absolute atomic E-state index is 0. The number of ether oxygens (including phenoxy) is 3. The summed E-state index contributed by atoms with van der Waals surface area (Å²) >= 11 is 5.49. The molecule has 1 aromatic rings. The SMILES string of the molecule is CO[C@@H]1[C@H](OC(=O)NC(=O)CCl)CC[C@](O)(C[S+](C)Cc2ccc(F)cc2)[C@H]1[C@@]1(C)O[C@@H]1CC=C(C)C.[Br-]. The van der Waals surface area contributed by atoms with Crippen LogP contribution in [0, 0.1) is 11.7 Å². The van der Waals surface area contributed by atoms with E-state index < -0.39 is 41.3 Å². The van der Waals surface area contributed by atoms with Gasteiger partial charge in [-0.1, -0.05) is 23.8 Å². The van der Waals surface area contributed by atoms with Gasteiger partial charge in [0, 0.05) is 12.7 Å². The maximum atomic E-state index is 13.4. The van der Waals surface area contributed by atoms with Gasteiger partial charge in [-0.15, -0.1) is 11.6 Å². The van der Waals surface area contributed by atoms with E-state index in [1.54, 1.807) is 12.1 Å². The average molecular weight is 639 g/mol. The van der Waals surface area contributed by atoms with Gasteiger partial charge < -0.3 is 36.3 Å². The second-order valence-corrected chi connectivity index (χ2v) is 12.9. The maximum Gasteiger partial charge on any atom is 0.414 e. The average Bonchev–Trinajstić information content (AvgIpc) is 3.49. The van der Waals surface area contributed by atoms with Gasteiger partial charge in [0.25, 0.3) is 0 Å². The van der Waals surface area contributed by atoms with Crippen molar-refractivity contribution < 1.29 is 50.3 Å². The molecular weight excluding hydrogens is 601 g/mol. The van der Waals surface area contributed by atoms with Crippen LogP contribution in [0.1, 0.15) is 45.6 Å². The van der Waals surface area contributed by atoms with Crippen LogP contribution in [0.15, 0.2) is 35.9 Å². The Morgan fingerprint density at radius 1 is 1.32 bits per heavy atom. The first kappa shape index (κ1) is 33.0. The molecule has 2 amide bonds. The highest BCUT2D eigenvalue weighted by Gasteiger charge is 2.68. The van der Waals surface area contributed by atoms with E-state index in [0.717, 1.165) is 5.56 Å². The molecule has 0 spiro atoms. The van der Waals surface area contributed by atoms with Gasteiger partial charge in [0.1, 0.15) is 46.6 Å². The summed E-state index contributed by atoms with van der Waals surface area (Å²) in [6.45, 7) is 6.03. The Kier molecular flexibility index (Phi) is 12.1. The number of hydrogen-bond acceptors (Lipinski definition) is 6. The largest absolute Gasteiger partial charge is 1.00 e. The number of allylic oxidation sites excluding steroid dienone is 1. The lowest BCUT2D eigenvalue weighted by atomic mass is 9.66. The van der Waals surface area contributed by atoms with Crippen LogP contribution in [0.25, 0.3) is 0 Å². The second-order valence-electron chi connectivity index (χ2n) is 10.4. The monoisotopic (exact) mass is 637 g/mol. The summed E-state index contributed by atoms with van der Waals surface area (Å²) in [5.41, 5.74) is 0.348. The molecule has 0 aromatic heterocycles. The first-order valence-corrected chi connectivity index (χ1v) is 14.9. The van der Waals surface area contributed by atoms with Gasteiger partial charge in [0.05, 0.1) is 18.3 Å². The van der Waals surface area contributed by atoms with Crippen molar-refractivity contribution in [1.29, 1.82) is 0 Å². The number of amides is 2. The first-order valence-electron chi connectivity index (χ1n) is 12.4. The van der Waals surface area contributed by atoms with Gasteiger partial charge in [-0.2, -0.15) is 0 Å². The predicted molar refractivity (Wildman–Crippen MR) is 143 cm³/mol. The molecule has 1 saturated carbocycles. The lowest BCUT2D eigenvalue weighted by Gasteiger charge is -2.48. The molecule has 11 heteroatoms. The molecule has 1 heterocycles. The molecule has 1 aliphatic carbocycles. The number of rotatable bonds is 10. The van der Waals surface area contributed by atoms with Crippen molar-refractivity contribution in [1.82, 2.24) is 5.32 Å². The van der Waals surface area contributed by atoms with Gasteiger partial charge in [-0.3, -0.25) is 10.1 Å². The van der Waals surface area contributed by atoms with Crippen LogP contribution >= 0.6 is 11.6 Å². The summed E-state index contributed by atoms with van der Waals surface area (Å²) in [6.07, 6.45) is 3.28. The number of epoxide rings is 1. The van der Waals surface area contributed by atoms with Crippen molar-refractivity contribution in [2.75, 3.05) is 25.0 Å². The third-order valence-corrected chi connectivity index (χ3v) is 9.25. The van der Waals surface area contributed by atoms with Gasteiger partial charge in [-0.05, 0) is 63.1 Å². The number of benzene rings is 1. The smallest absolute Gasteiger partial charge is 0.414 e. The molecular formula is C27H38BrClFNO6S. The minimum Gasteiger partial charge on any atom is -1.00 e. The number of hydrogen-bond donors (Lipinski definition) is 2. The van der Waals surface area contributed by atoms with E-state index in [-0.39, 0.29) is 45.7 Å². The molecule has 7 nitrogen and oxygen atoms in total. The molecule has 2 fully saturated rings. The highest BCUT2D eigenvalue weighted by Crippen LogP contribution is 2.55. The van der Waals surface area contributed by atoms with Gasteiger partial charge in [-0.25, -0.2) is 9.18 Å². The number of aliphatic hydroxyl groups is 1. The van der Waals surface area contributed by atoms with E-state index in [4.69, 9.17) is 25.8 Å². The summed E-state index contributed by atoms with van der Waals surface area (Å²) in [5, 5.41) is 14.3. The Hall–Kier alpha value is -1.17. The van der Waals surface area contributed by atoms with Crippen LogP contribution < -0.4 is 22.3 Å². The lowest BCUT2D eigenvalue weighted by Crippen LogP contribution is -3.00. The molecule has 0 bridgehead atoms. The molecule has 1 unspecified atom stereocenters. The summed E-state index contributed by atoms with van der Waals surface area (Å²) in [4.78, 5) is 23.9. The molecule has 2 aliphatic rings. The number of alkyl halides is 1. The number of carbonyl (C=O) groups excluding carboxylic acids is 2. The molecule has 1 saturated heterocycles. The van der Waals surface area contributed by atoms with Crippen LogP contribution in [0.3, 0.4) is 0 Å². The predicted octanol–water partition coefficient (Wildman–Crippen LogP) is 1.11. The number of alkyl carbamates (subject to hydrolysis) is 1. The van der Waals surface area contributed by atoms with Crippen molar-refractivity contribution in [3.05, 3.63) is 47.3 Å². The summed E-state index contributed by atoms with van der Waals surface area (Å²) in [7, 11) is 1.29. The first-order chi connectivity index (χ1) is 17.4. The Morgan fingerprint density at radius 2 is 1.97 bits per heavy atom. The molecule has 214 valence electrons. The van der Waals surface area contributed by atoms with Crippen molar-refractivity contribution in [3.63, 3.8) is 0 Å². The topological polar surface area (TPSA) is 97.4 Å². The third-order valence-electron chi connectivity index (χ3n) is 7.19. The second kappa shape index (κ2) is 13.9. The van der Waals surface area contributed by atoms with Gasteiger partial charge >= 0.3 is 6.09 Å². The normalized spacial score (nSPS) is 30.9. The number of halogens is 3. The molecule has 3 rings (SSSR count). The van der Waals surface area contributed by atoms with E-state index in [9.17, 15) is 19.1 Å². The zero-order valence-corrected chi connectivity index (χ0v) is 25.6.